The Bertz CT molecular complexity index is 1190. The van der Waals surface area contributed by atoms with E-state index in [4.69, 9.17) is 4.74 Å². The van der Waals surface area contributed by atoms with E-state index in [1.54, 1.807) is 23.0 Å². The molecule has 0 radical (unpaired) electrons. The maximum Gasteiger partial charge on any atom is 0.257 e. The van der Waals surface area contributed by atoms with E-state index >= 15 is 0 Å². The number of nitrogens with one attached hydrogen (secondary N) is 1. The normalized spacial score (nSPS) is 20.0. The van der Waals surface area contributed by atoms with Gasteiger partial charge in [-0.15, -0.1) is 5.10 Å². The van der Waals surface area contributed by atoms with Crippen LogP contribution in [0.15, 0.2) is 36.5 Å². The van der Waals surface area contributed by atoms with Crippen LogP contribution in [0.4, 0.5) is 0 Å². The second kappa shape index (κ2) is 8.43. The molecule has 33 heavy (non-hydrogen) atoms. The molecule has 10 heteroatoms. The molecule has 2 amide bonds. The molecule has 0 aliphatic carbocycles. The summed E-state index contributed by atoms with van der Waals surface area (Å²) in [7, 11) is 1.82. The summed E-state index contributed by atoms with van der Waals surface area (Å²) < 4.78 is 9.87. The molecule has 2 aliphatic heterocycles. The van der Waals surface area contributed by atoms with Crippen LogP contribution in [0.1, 0.15) is 50.6 Å². The molecule has 2 aromatic heterocycles. The predicted octanol–water partition coefficient (Wildman–Crippen LogP) is 1.46. The Morgan fingerprint density at radius 2 is 2.03 bits per heavy atom. The van der Waals surface area contributed by atoms with E-state index in [1.807, 2.05) is 41.8 Å². The van der Waals surface area contributed by atoms with Crippen LogP contribution in [0.25, 0.3) is 0 Å². The molecule has 1 unspecified atom stereocenters. The lowest BCUT2D eigenvalue weighted by Gasteiger charge is -2.44. The first-order valence-corrected chi connectivity index (χ1v) is 11.1. The van der Waals surface area contributed by atoms with Crippen LogP contribution >= 0.6 is 0 Å². The summed E-state index contributed by atoms with van der Waals surface area (Å²) in [6, 6.07) is 9.07. The fraction of sp³-hybridized carbons (Fsp3) is 0.435. The summed E-state index contributed by atoms with van der Waals surface area (Å²) in [4.78, 5) is 27.3. The number of likely N-dealkylation sites (tertiary alicyclic amines) is 1. The van der Waals surface area contributed by atoms with E-state index in [2.05, 4.69) is 20.7 Å². The number of carbonyl (C=O) groups is 2. The highest BCUT2D eigenvalue weighted by atomic mass is 16.5. The number of amides is 2. The Labute approximate surface area is 191 Å². The van der Waals surface area contributed by atoms with Gasteiger partial charge in [-0.1, -0.05) is 23.4 Å². The Morgan fingerprint density at radius 3 is 2.79 bits per heavy atom. The van der Waals surface area contributed by atoms with E-state index < -0.39 is 5.60 Å². The molecule has 1 spiro atoms. The van der Waals surface area contributed by atoms with Crippen molar-refractivity contribution in [1.82, 2.24) is 35.0 Å². The van der Waals surface area contributed by atoms with Gasteiger partial charge in [-0.25, -0.2) is 4.68 Å². The molecule has 4 heterocycles. The number of nitrogens with zero attached hydrogens (tertiary/aromatic N) is 6. The summed E-state index contributed by atoms with van der Waals surface area (Å²) in [5.74, 6) is -0.172. The molecule has 1 saturated heterocycles. The first-order chi connectivity index (χ1) is 15.9. The van der Waals surface area contributed by atoms with Crippen LogP contribution in [0.5, 0.6) is 0 Å². The third-order valence-corrected chi connectivity index (χ3v) is 6.39. The number of fused-ring (bicyclic) bond motifs is 1. The van der Waals surface area contributed by atoms with Gasteiger partial charge in [0.15, 0.2) is 0 Å². The molecule has 2 aliphatic rings. The molecular formula is C23H27N7O3. The van der Waals surface area contributed by atoms with Crippen LogP contribution in [-0.2, 0) is 31.5 Å². The van der Waals surface area contributed by atoms with Crippen LogP contribution in [-0.4, -0.2) is 60.2 Å². The van der Waals surface area contributed by atoms with Crippen molar-refractivity contribution in [1.29, 1.82) is 0 Å². The minimum absolute atomic E-state index is 0.0167. The number of piperidine rings is 1. The van der Waals surface area contributed by atoms with Crippen molar-refractivity contribution >= 4 is 11.8 Å². The smallest absolute Gasteiger partial charge is 0.257 e. The van der Waals surface area contributed by atoms with Crippen LogP contribution < -0.4 is 5.32 Å². The van der Waals surface area contributed by atoms with Crippen LogP contribution in [0.2, 0.25) is 0 Å². The van der Waals surface area contributed by atoms with Gasteiger partial charge < -0.3 is 15.0 Å². The standard InChI is InChI=1S/C23H27N7O3/c1-16-18(12-28(2)26-16)22(32)29-10-6-9-23(14-29)15-30-20(13-33-23)19(25-27-30)11-24-21(31)17-7-4-3-5-8-17/h3-5,7-8,12H,6,9-11,13-15H2,1-2H3,(H,24,31). The zero-order valence-corrected chi connectivity index (χ0v) is 18.8. The lowest BCUT2D eigenvalue weighted by atomic mass is 9.90. The molecule has 1 fully saturated rings. The van der Waals surface area contributed by atoms with Gasteiger partial charge in [-0.05, 0) is 31.9 Å². The number of hydrogen-bond acceptors (Lipinski definition) is 6. The Morgan fingerprint density at radius 1 is 1.21 bits per heavy atom. The molecule has 1 atom stereocenters. The fourth-order valence-corrected chi connectivity index (χ4v) is 4.68. The van der Waals surface area contributed by atoms with Gasteiger partial charge in [-0.2, -0.15) is 5.10 Å². The molecule has 0 bridgehead atoms. The van der Waals surface area contributed by atoms with Gasteiger partial charge in [0.05, 0.1) is 43.2 Å². The van der Waals surface area contributed by atoms with Gasteiger partial charge in [0.25, 0.3) is 11.8 Å². The molecule has 10 nitrogen and oxygen atoms in total. The van der Waals surface area contributed by atoms with Gasteiger partial charge in [-0.3, -0.25) is 14.3 Å². The van der Waals surface area contributed by atoms with E-state index in [0.717, 1.165) is 24.2 Å². The Hall–Kier alpha value is -3.53. The summed E-state index contributed by atoms with van der Waals surface area (Å²) in [5, 5.41) is 15.8. The number of aryl methyl sites for hydroxylation is 2. The van der Waals surface area contributed by atoms with Crippen LogP contribution in [0.3, 0.4) is 0 Å². The van der Waals surface area contributed by atoms with Crippen molar-refractivity contribution < 1.29 is 14.3 Å². The molecule has 5 rings (SSSR count). The van der Waals surface area contributed by atoms with Gasteiger partial charge in [0, 0.05) is 25.4 Å². The molecule has 3 aromatic rings. The topological polar surface area (TPSA) is 107 Å². The van der Waals surface area contributed by atoms with Gasteiger partial charge in [0.1, 0.15) is 11.3 Å². The van der Waals surface area contributed by atoms with Gasteiger partial charge in [0.2, 0.25) is 0 Å². The average molecular weight is 450 g/mol. The first kappa shape index (κ1) is 21.3. The molecule has 1 N–H and O–H groups in total. The average Bonchev–Trinajstić information content (AvgIpc) is 3.38. The predicted molar refractivity (Wildman–Crippen MR) is 118 cm³/mol. The van der Waals surface area contributed by atoms with Gasteiger partial charge >= 0.3 is 0 Å². The third kappa shape index (κ3) is 4.13. The number of aromatic nitrogens is 5. The maximum atomic E-state index is 13.1. The fourth-order valence-electron chi connectivity index (χ4n) is 4.68. The van der Waals surface area contributed by atoms with E-state index in [0.29, 0.717) is 43.1 Å². The third-order valence-electron chi connectivity index (χ3n) is 6.39. The van der Waals surface area contributed by atoms with E-state index in [-0.39, 0.29) is 18.4 Å². The minimum Gasteiger partial charge on any atom is -0.365 e. The first-order valence-electron chi connectivity index (χ1n) is 11.1. The maximum absolute atomic E-state index is 13.1. The largest absolute Gasteiger partial charge is 0.365 e. The lowest BCUT2D eigenvalue weighted by molar-refractivity contribution is -0.122. The Kier molecular flexibility index (Phi) is 5.45. The zero-order chi connectivity index (χ0) is 23.0. The van der Waals surface area contributed by atoms with Crippen molar-refractivity contribution in [2.24, 2.45) is 7.05 Å². The monoisotopic (exact) mass is 449 g/mol. The van der Waals surface area contributed by atoms with Crippen molar-refractivity contribution in [3.8, 4) is 0 Å². The summed E-state index contributed by atoms with van der Waals surface area (Å²) in [6.07, 6.45) is 3.48. The molecule has 1 aromatic carbocycles. The highest BCUT2D eigenvalue weighted by Gasteiger charge is 2.43. The van der Waals surface area contributed by atoms with Crippen LogP contribution in [0, 0.1) is 6.92 Å². The van der Waals surface area contributed by atoms with Crippen molar-refractivity contribution in [3.05, 3.63) is 64.7 Å². The van der Waals surface area contributed by atoms with Crippen molar-refractivity contribution in [2.45, 2.75) is 45.1 Å². The number of benzene rings is 1. The highest BCUT2D eigenvalue weighted by molar-refractivity contribution is 5.95. The summed E-state index contributed by atoms with van der Waals surface area (Å²) >= 11 is 0. The van der Waals surface area contributed by atoms with Crippen molar-refractivity contribution in [3.63, 3.8) is 0 Å². The number of carbonyl (C=O) groups excluding carboxylic acids is 2. The second-order valence-corrected chi connectivity index (χ2v) is 8.79. The minimum atomic E-state index is -0.491. The summed E-state index contributed by atoms with van der Waals surface area (Å²) in [5.41, 5.74) is 3.03. The molecule has 0 saturated carbocycles. The van der Waals surface area contributed by atoms with E-state index in [9.17, 15) is 9.59 Å². The SMILES string of the molecule is Cc1nn(C)cc1C(=O)N1CCCC2(C1)Cn1nnc(CNC(=O)c3ccccc3)c1CO2. The Balaban J connectivity index is 1.26. The lowest BCUT2D eigenvalue weighted by Crippen LogP contribution is -2.55. The number of ether oxygens (including phenoxy) is 1. The second-order valence-electron chi connectivity index (χ2n) is 8.79. The van der Waals surface area contributed by atoms with E-state index in [1.165, 1.54) is 0 Å². The zero-order valence-electron chi connectivity index (χ0n) is 18.8. The van der Waals surface area contributed by atoms with Crippen molar-refractivity contribution in [2.75, 3.05) is 13.1 Å². The molecular weight excluding hydrogens is 422 g/mol. The highest BCUT2D eigenvalue weighted by Crippen LogP contribution is 2.33. The summed E-state index contributed by atoms with van der Waals surface area (Å²) in [6.45, 7) is 4.20. The quantitative estimate of drug-likeness (QED) is 0.646. The molecule has 172 valence electrons. The number of hydrogen-bond donors (Lipinski definition) is 1. The number of rotatable bonds is 4.